The van der Waals surface area contributed by atoms with E-state index in [4.69, 9.17) is 9.73 Å². The van der Waals surface area contributed by atoms with Gasteiger partial charge in [0.15, 0.2) is 0 Å². The summed E-state index contributed by atoms with van der Waals surface area (Å²) in [5, 5.41) is 4.03. The SMILES string of the molecule is C=CNc1scnc1C(C)=Nc1ccc(C)cc1OC(C)C. The van der Waals surface area contributed by atoms with Crippen LogP contribution in [0.4, 0.5) is 10.7 Å². The van der Waals surface area contributed by atoms with Crippen molar-refractivity contribution in [2.75, 3.05) is 5.32 Å². The van der Waals surface area contributed by atoms with Gasteiger partial charge in [-0.25, -0.2) is 9.98 Å². The van der Waals surface area contributed by atoms with Crippen molar-refractivity contribution in [2.24, 2.45) is 4.99 Å². The molecule has 0 aliphatic carbocycles. The summed E-state index contributed by atoms with van der Waals surface area (Å²) >= 11 is 1.52. The lowest BCUT2D eigenvalue weighted by Gasteiger charge is -2.13. The molecule has 0 aliphatic heterocycles. The predicted octanol–water partition coefficient (Wildman–Crippen LogP) is 4.93. The summed E-state index contributed by atoms with van der Waals surface area (Å²) in [6, 6.07) is 6.02. The van der Waals surface area contributed by atoms with Crippen LogP contribution in [0.1, 0.15) is 32.0 Å². The summed E-state index contributed by atoms with van der Waals surface area (Å²) in [7, 11) is 0. The van der Waals surface area contributed by atoms with Crippen molar-refractivity contribution in [2.45, 2.75) is 33.8 Å². The van der Waals surface area contributed by atoms with Gasteiger partial charge in [-0.1, -0.05) is 12.6 Å². The molecule has 2 rings (SSSR count). The Labute approximate surface area is 135 Å². The summed E-state index contributed by atoms with van der Waals surface area (Å²) in [4.78, 5) is 9.08. The summed E-state index contributed by atoms with van der Waals surface area (Å²) in [5.41, 5.74) is 5.43. The lowest BCUT2D eigenvalue weighted by atomic mass is 10.2. The van der Waals surface area contributed by atoms with Crippen LogP contribution in [-0.4, -0.2) is 16.8 Å². The fourth-order valence-electron chi connectivity index (χ4n) is 1.99. The van der Waals surface area contributed by atoms with Gasteiger partial charge in [0, 0.05) is 0 Å². The Morgan fingerprint density at radius 2 is 2.23 bits per heavy atom. The van der Waals surface area contributed by atoms with E-state index in [-0.39, 0.29) is 6.10 Å². The zero-order valence-electron chi connectivity index (χ0n) is 13.4. The van der Waals surface area contributed by atoms with E-state index < -0.39 is 0 Å². The van der Waals surface area contributed by atoms with Crippen LogP contribution in [0.2, 0.25) is 0 Å². The molecular formula is C17H21N3OS. The molecule has 5 heteroatoms. The molecule has 116 valence electrons. The Morgan fingerprint density at radius 1 is 1.45 bits per heavy atom. The molecule has 1 aromatic carbocycles. The van der Waals surface area contributed by atoms with E-state index in [0.717, 1.165) is 33.4 Å². The molecule has 0 aliphatic rings. The first kappa shape index (κ1) is 16.2. The van der Waals surface area contributed by atoms with E-state index in [1.165, 1.54) is 11.3 Å². The number of anilines is 1. The normalized spacial score (nSPS) is 11.6. The Balaban J connectivity index is 2.39. The van der Waals surface area contributed by atoms with E-state index in [1.54, 1.807) is 11.7 Å². The molecule has 0 spiro atoms. The van der Waals surface area contributed by atoms with Crippen LogP contribution < -0.4 is 10.1 Å². The van der Waals surface area contributed by atoms with Crippen LogP contribution in [0.3, 0.4) is 0 Å². The third kappa shape index (κ3) is 3.95. The van der Waals surface area contributed by atoms with Gasteiger partial charge in [0.1, 0.15) is 22.1 Å². The lowest BCUT2D eigenvalue weighted by Crippen LogP contribution is -2.06. The van der Waals surface area contributed by atoms with Gasteiger partial charge in [-0.2, -0.15) is 0 Å². The van der Waals surface area contributed by atoms with Crippen LogP contribution >= 0.6 is 11.3 Å². The molecule has 0 saturated carbocycles. The number of nitrogens with one attached hydrogen (secondary N) is 1. The highest BCUT2D eigenvalue weighted by Crippen LogP contribution is 2.31. The molecule has 0 radical (unpaired) electrons. The smallest absolute Gasteiger partial charge is 0.145 e. The first-order valence-corrected chi connectivity index (χ1v) is 8.03. The maximum Gasteiger partial charge on any atom is 0.145 e. The van der Waals surface area contributed by atoms with E-state index in [2.05, 4.69) is 16.9 Å². The number of aliphatic imine (C=N–C) groups is 1. The quantitative estimate of drug-likeness (QED) is 0.768. The molecule has 1 N–H and O–H groups in total. The molecule has 22 heavy (non-hydrogen) atoms. The summed E-state index contributed by atoms with van der Waals surface area (Å²) < 4.78 is 5.87. The maximum absolute atomic E-state index is 5.87. The molecular weight excluding hydrogens is 294 g/mol. The van der Waals surface area contributed by atoms with Crippen LogP contribution in [-0.2, 0) is 0 Å². The van der Waals surface area contributed by atoms with E-state index in [1.807, 2.05) is 45.9 Å². The summed E-state index contributed by atoms with van der Waals surface area (Å²) in [6.45, 7) is 11.7. The fraction of sp³-hybridized carbons (Fsp3) is 0.294. The number of aromatic nitrogens is 1. The van der Waals surface area contributed by atoms with Crippen molar-refractivity contribution in [3.8, 4) is 5.75 Å². The van der Waals surface area contributed by atoms with Crippen molar-refractivity contribution in [3.63, 3.8) is 0 Å². The third-order valence-corrected chi connectivity index (χ3v) is 3.67. The molecule has 1 aromatic heterocycles. The highest BCUT2D eigenvalue weighted by atomic mass is 32.1. The Bertz CT molecular complexity index is 689. The lowest BCUT2D eigenvalue weighted by molar-refractivity contribution is 0.243. The summed E-state index contributed by atoms with van der Waals surface area (Å²) in [6.07, 6.45) is 1.75. The van der Waals surface area contributed by atoms with Gasteiger partial charge in [0.25, 0.3) is 0 Å². The zero-order valence-corrected chi connectivity index (χ0v) is 14.2. The van der Waals surface area contributed by atoms with Crippen molar-refractivity contribution in [1.82, 2.24) is 4.98 Å². The number of aryl methyl sites for hydroxylation is 1. The Morgan fingerprint density at radius 3 is 2.91 bits per heavy atom. The molecule has 0 atom stereocenters. The Kier molecular flexibility index (Phi) is 5.33. The topological polar surface area (TPSA) is 46.5 Å². The van der Waals surface area contributed by atoms with Crippen molar-refractivity contribution >= 4 is 27.7 Å². The second kappa shape index (κ2) is 7.22. The molecule has 0 amide bonds. The van der Waals surface area contributed by atoms with E-state index in [9.17, 15) is 0 Å². The van der Waals surface area contributed by atoms with Crippen LogP contribution in [0.15, 0.2) is 41.5 Å². The summed E-state index contributed by atoms with van der Waals surface area (Å²) in [5.74, 6) is 0.794. The average molecular weight is 315 g/mol. The molecule has 0 unspecified atom stereocenters. The van der Waals surface area contributed by atoms with Gasteiger partial charge < -0.3 is 10.1 Å². The van der Waals surface area contributed by atoms with Crippen molar-refractivity contribution in [1.29, 1.82) is 0 Å². The predicted molar refractivity (Wildman–Crippen MR) is 94.7 cm³/mol. The van der Waals surface area contributed by atoms with Gasteiger partial charge in [-0.15, -0.1) is 11.3 Å². The molecule has 0 fully saturated rings. The minimum atomic E-state index is 0.105. The molecule has 4 nitrogen and oxygen atoms in total. The minimum absolute atomic E-state index is 0.105. The minimum Gasteiger partial charge on any atom is -0.489 e. The van der Waals surface area contributed by atoms with E-state index >= 15 is 0 Å². The number of nitrogens with zero attached hydrogens (tertiary/aromatic N) is 2. The van der Waals surface area contributed by atoms with Gasteiger partial charge >= 0.3 is 0 Å². The highest BCUT2D eigenvalue weighted by Gasteiger charge is 2.11. The molecule has 1 heterocycles. The molecule has 2 aromatic rings. The van der Waals surface area contributed by atoms with Crippen LogP contribution in [0.5, 0.6) is 5.75 Å². The number of hydrogen-bond donors (Lipinski definition) is 1. The molecule has 0 saturated heterocycles. The number of benzene rings is 1. The second-order valence-electron chi connectivity index (χ2n) is 5.21. The largest absolute Gasteiger partial charge is 0.489 e. The van der Waals surface area contributed by atoms with Gasteiger partial charge in [0.05, 0.1) is 17.3 Å². The Hall–Kier alpha value is -2.14. The monoisotopic (exact) mass is 315 g/mol. The van der Waals surface area contributed by atoms with Gasteiger partial charge in [-0.05, 0) is 51.6 Å². The number of hydrogen-bond acceptors (Lipinski definition) is 5. The standard InChI is InChI=1S/C17H21N3OS/c1-6-18-17-16(19-10-22-17)13(5)20-14-8-7-12(4)9-15(14)21-11(2)3/h6-11,18H,1H2,2-5H3. The first-order chi connectivity index (χ1) is 10.5. The second-order valence-corrected chi connectivity index (χ2v) is 6.07. The number of ether oxygens (including phenoxy) is 1. The van der Waals surface area contributed by atoms with Crippen LogP contribution in [0.25, 0.3) is 0 Å². The van der Waals surface area contributed by atoms with E-state index in [0.29, 0.717) is 0 Å². The first-order valence-electron chi connectivity index (χ1n) is 7.15. The number of rotatable bonds is 6. The average Bonchev–Trinajstić information content (AvgIpc) is 2.90. The fourth-order valence-corrected chi connectivity index (χ4v) is 2.72. The zero-order chi connectivity index (χ0) is 16.1. The molecule has 0 bridgehead atoms. The van der Waals surface area contributed by atoms with Gasteiger partial charge in [-0.3, -0.25) is 0 Å². The highest BCUT2D eigenvalue weighted by molar-refractivity contribution is 7.14. The maximum atomic E-state index is 5.87. The van der Waals surface area contributed by atoms with Crippen molar-refractivity contribution in [3.05, 3.63) is 47.7 Å². The van der Waals surface area contributed by atoms with Crippen LogP contribution in [0, 0.1) is 6.92 Å². The number of thiazole rings is 1. The van der Waals surface area contributed by atoms with Gasteiger partial charge in [0.2, 0.25) is 0 Å². The third-order valence-electron chi connectivity index (χ3n) is 2.91. The van der Waals surface area contributed by atoms with Crippen molar-refractivity contribution < 1.29 is 4.74 Å².